The van der Waals surface area contributed by atoms with E-state index in [-0.39, 0.29) is 40.5 Å². The summed E-state index contributed by atoms with van der Waals surface area (Å²) in [4.78, 5) is 27.6. The molecule has 9 nitrogen and oxygen atoms in total. The molecule has 0 saturated heterocycles. The normalized spacial score (nSPS) is 11.4. The predicted molar refractivity (Wildman–Crippen MR) is 111 cm³/mol. The summed E-state index contributed by atoms with van der Waals surface area (Å²) in [5, 5.41) is 6.57. The zero-order chi connectivity index (χ0) is 24.3. The molecule has 0 unspecified atom stereocenters. The molecule has 2 amide bonds. The smallest absolute Gasteiger partial charge is 0.326 e. The van der Waals surface area contributed by atoms with Crippen LogP contribution in [0.4, 0.5) is 28.9 Å². The SMILES string of the molecule is NCc1cc(Cl)cc(N(N)C=O)c1NC(=O)c1cc(C(F)(F)F)nn1Cc1cccnc1F. The molecule has 2 aromatic heterocycles. The molecule has 0 aliphatic carbocycles. The molecule has 0 aliphatic rings. The number of hydrogen-bond acceptors (Lipinski definition) is 6. The van der Waals surface area contributed by atoms with Gasteiger partial charge in [0.25, 0.3) is 5.91 Å². The van der Waals surface area contributed by atoms with Gasteiger partial charge in [-0.1, -0.05) is 17.7 Å². The van der Waals surface area contributed by atoms with E-state index in [1.54, 1.807) is 0 Å². The van der Waals surface area contributed by atoms with Crippen molar-refractivity contribution in [2.45, 2.75) is 19.3 Å². The first kappa shape index (κ1) is 24.1. The monoisotopic (exact) mass is 485 g/mol. The quantitative estimate of drug-likeness (QED) is 0.118. The van der Waals surface area contributed by atoms with E-state index in [4.69, 9.17) is 23.2 Å². The molecule has 174 valence electrons. The zero-order valence-electron chi connectivity index (χ0n) is 16.6. The van der Waals surface area contributed by atoms with Gasteiger partial charge in [0.05, 0.1) is 17.9 Å². The largest absolute Gasteiger partial charge is 0.435 e. The van der Waals surface area contributed by atoms with Crippen molar-refractivity contribution in [2.24, 2.45) is 11.6 Å². The number of hydrogen-bond donors (Lipinski definition) is 3. The van der Waals surface area contributed by atoms with E-state index in [2.05, 4.69) is 15.4 Å². The highest BCUT2D eigenvalue weighted by Crippen LogP contribution is 2.33. The first-order valence-corrected chi connectivity index (χ1v) is 9.50. The minimum absolute atomic E-state index is 0.0460. The Balaban J connectivity index is 2.07. The van der Waals surface area contributed by atoms with Crippen LogP contribution >= 0.6 is 11.6 Å². The molecule has 0 fully saturated rings. The van der Waals surface area contributed by atoms with E-state index in [1.165, 1.54) is 30.5 Å². The molecule has 0 bridgehead atoms. The number of alkyl halides is 3. The van der Waals surface area contributed by atoms with Crippen molar-refractivity contribution in [3.63, 3.8) is 0 Å². The highest BCUT2D eigenvalue weighted by atomic mass is 35.5. The maximum absolute atomic E-state index is 14.0. The first-order valence-electron chi connectivity index (χ1n) is 9.12. The van der Waals surface area contributed by atoms with Crippen molar-refractivity contribution < 1.29 is 27.2 Å². The van der Waals surface area contributed by atoms with Crippen LogP contribution in [-0.2, 0) is 24.1 Å². The number of aromatic nitrogens is 3. The summed E-state index contributed by atoms with van der Waals surface area (Å²) in [6.45, 7) is -0.656. The number of anilines is 2. The summed E-state index contributed by atoms with van der Waals surface area (Å²) >= 11 is 5.99. The minimum atomic E-state index is -4.87. The van der Waals surface area contributed by atoms with Crippen LogP contribution in [0, 0.1) is 5.95 Å². The number of hydrazine groups is 1. The van der Waals surface area contributed by atoms with E-state index < -0.39 is 36.0 Å². The van der Waals surface area contributed by atoms with Crippen molar-refractivity contribution in [1.82, 2.24) is 14.8 Å². The highest BCUT2D eigenvalue weighted by Gasteiger charge is 2.36. The Hall–Kier alpha value is -3.55. The van der Waals surface area contributed by atoms with E-state index in [0.717, 1.165) is 0 Å². The number of carbonyl (C=O) groups excluding carboxylic acids is 2. The van der Waals surface area contributed by atoms with Gasteiger partial charge in [0.1, 0.15) is 5.69 Å². The molecule has 0 radical (unpaired) electrons. The first-order chi connectivity index (χ1) is 15.5. The van der Waals surface area contributed by atoms with Gasteiger partial charge in [0.15, 0.2) is 5.69 Å². The standard InChI is InChI=1S/C19H16ClF4N7O2/c20-12-4-11(7-25)16(13(5-12)30(26)9-32)28-18(33)14-6-15(19(22,23)24)29-31(14)8-10-2-1-3-27-17(10)21/h1-6,9H,7-8,25-26H2,(H,28,33). The lowest BCUT2D eigenvalue weighted by Crippen LogP contribution is -2.31. The number of nitrogens with two attached hydrogens (primary N) is 2. The van der Waals surface area contributed by atoms with Crippen LogP contribution in [0.25, 0.3) is 0 Å². The van der Waals surface area contributed by atoms with Crippen LogP contribution in [0.1, 0.15) is 27.3 Å². The molecule has 5 N–H and O–H groups in total. The minimum Gasteiger partial charge on any atom is -0.326 e. The summed E-state index contributed by atoms with van der Waals surface area (Å²) in [5.41, 5.74) is 3.85. The third-order valence-corrected chi connectivity index (χ3v) is 4.69. The van der Waals surface area contributed by atoms with Gasteiger partial charge in [-0.25, -0.2) is 15.8 Å². The van der Waals surface area contributed by atoms with Crippen molar-refractivity contribution in [2.75, 3.05) is 10.3 Å². The lowest BCUT2D eigenvalue weighted by molar-refractivity contribution is -0.141. The second-order valence-electron chi connectivity index (χ2n) is 6.65. The average molecular weight is 486 g/mol. The van der Waals surface area contributed by atoms with Gasteiger partial charge < -0.3 is 11.1 Å². The molecule has 0 atom stereocenters. The predicted octanol–water partition coefficient (Wildman–Crippen LogP) is 2.69. The number of nitrogens with zero attached hydrogens (tertiary/aromatic N) is 4. The van der Waals surface area contributed by atoms with Gasteiger partial charge in [0, 0.05) is 29.4 Å². The number of rotatable bonds is 7. The molecule has 0 saturated carbocycles. The lowest BCUT2D eigenvalue weighted by atomic mass is 10.1. The van der Waals surface area contributed by atoms with E-state index in [0.29, 0.717) is 15.8 Å². The number of amides is 2. The zero-order valence-corrected chi connectivity index (χ0v) is 17.4. The second-order valence-corrected chi connectivity index (χ2v) is 7.09. The van der Waals surface area contributed by atoms with Crippen LogP contribution in [-0.4, -0.2) is 27.1 Å². The Morgan fingerprint density at radius 1 is 1.27 bits per heavy atom. The van der Waals surface area contributed by atoms with Gasteiger partial charge in [-0.15, -0.1) is 0 Å². The maximum atomic E-state index is 14.0. The lowest BCUT2D eigenvalue weighted by Gasteiger charge is -2.20. The van der Waals surface area contributed by atoms with Crippen LogP contribution in [0.3, 0.4) is 0 Å². The van der Waals surface area contributed by atoms with Crippen LogP contribution < -0.4 is 21.9 Å². The van der Waals surface area contributed by atoms with Gasteiger partial charge in [-0.3, -0.25) is 14.3 Å². The van der Waals surface area contributed by atoms with Gasteiger partial charge in [0.2, 0.25) is 12.4 Å². The third-order valence-electron chi connectivity index (χ3n) is 4.47. The van der Waals surface area contributed by atoms with Gasteiger partial charge in [-0.05, 0) is 23.8 Å². The fourth-order valence-electron chi connectivity index (χ4n) is 2.95. The Kier molecular flexibility index (Phi) is 6.95. The number of carbonyl (C=O) groups is 2. The number of halogens is 5. The van der Waals surface area contributed by atoms with Gasteiger partial charge in [-0.2, -0.15) is 22.7 Å². The van der Waals surface area contributed by atoms with E-state index in [1.807, 2.05) is 0 Å². The van der Waals surface area contributed by atoms with E-state index in [9.17, 15) is 27.2 Å². The van der Waals surface area contributed by atoms with Crippen molar-refractivity contribution >= 4 is 35.3 Å². The molecule has 14 heteroatoms. The average Bonchev–Trinajstić information content (AvgIpc) is 3.20. The number of pyridine rings is 1. The molecule has 2 heterocycles. The topological polar surface area (TPSA) is 132 Å². The van der Waals surface area contributed by atoms with Crippen LogP contribution in [0.2, 0.25) is 5.02 Å². The fourth-order valence-corrected chi connectivity index (χ4v) is 3.18. The molecule has 0 spiro atoms. The van der Waals surface area contributed by atoms with Crippen molar-refractivity contribution in [3.05, 3.63) is 70.0 Å². The Labute approximate surface area is 188 Å². The third kappa shape index (κ3) is 5.27. The Morgan fingerprint density at radius 2 is 2.00 bits per heavy atom. The maximum Gasteiger partial charge on any atom is 0.435 e. The highest BCUT2D eigenvalue weighted by molar-refractivity contribution is 6.31. The molecular weight excluding hydrogens is 470 g/mol. The summed E-state index contributed by atoms with van der Waals surface area (Å²) in [7, 11) is 0. The molecule has 3 rings (SSSR count). The summed E-state index contributed by atoms with van der Waals surface area (Å²) < 4.78 is 54.5. The fraction of sp³-hybridized carbons (Fsp3) is 0.158. The molecule has 3 aromatic rings. The van der Waals surface area contributed by atoms with Crippen LogP contribution in [0.15, 0.2) is 36.5 Å². The number of nitrogens with one attached hydrogen (secondary N) is 1. The molecule has 1 aromatic carbocycles. The molecular formula is C19H16ClF4N7O2. The summed E-state index contributed by atoms with van der Waals surface area (Å²) in [6.07, 6.45) is -3.47. The Morgan fingerprint density at radius 3 is 2.61 bits per heavy atom. The Bertz CT molecular complexity index is 1200. The van der Waals surface area contributed by atoms with Gasteiger partial charge >= 0.3 is 6.18 Å². The van der Waals surface area contributed by atoms with Crippen molar-refractivity contribution in [1.29, 1.82) is 0 Å². The number of benzene rings is 1. The molecule has 0 aliphatic heterocycles. The van der Waals surface area contributed by atoms with Crippen molar-refractivity contribution in [3.8, 4) is 0 Å². The molecule has 33 heavy (non-hydrogen) atoms. The summed E-state index contributed by atoms with van der Waals surface area (Å²) in [6, 6.07) is 5.84. The van der Waals surface area contributed by atoms with E-state index >= 15 is 0 Å². The second kappa shape index (κ2) is 9.52. The summed E-state index contributed by atoms with van der Waals surface area (Å²) in [5.74, 6) is 3.64. The van der Waals surface area contributed by atoms with Crippen LogP contribution in [0.5, 0.6) is 0 Å².